The van der Waals surface area contributed by atoms with E-state index in [4.69, 9.17) is 0 Å². The summed E-state index contributed by atoms with van der Waals surface area (Å²) in [6.45, 7) is 6.88. The molecule has 0 unspecified atom stereocenters. The highest BCUT2D eigenvalue weighted by Crippen LogP contribution is 2.10. The van der Waals surface area contributed by atoms with Gasteiger partial charge in [-0.3, -0.25) is 4.98 Å². The maximum atomic E-state index is 4.48. The molecule has 0 amide bonds. The summed E-state index contributed by atoms with van der Waals surface area (Å²) in [5, 5.41) is 3.32. The van der Waals surface area contributed by atoms with Gasteiger partial charge in [0.2, 0.25) is 0 Å². The fraction of sp³-hybridized carbons (Fsp3) is 0.429. The summed E-state index contributed by atoms with van der Waals surface area (Å²) in [6.07, 6.45) is 6.66. The number of aryl methyl sites for hydroxylation is 1. The molecule has 2 aromatic heterocycles. The Balaban J connectivity index is 2.15. The highest BCUT2D eigenvalue weighted by Gasteiger charge is 2.06. The molecule has 0 atom stereocenters. The number of rotatable bonds is 6. The van der Waals surface area contributed by atoms with Crippen LogP contribution in [0.1, 0.15) is 30.8 Å². The van der Waals surface area contributed by atoms with Crippen molar-refractivity contribution < 1.29 is 0 Å². The van der Waals surface area contributed by atoms with Gasteiger partial charge in [-0.25, -0.2) is 4.98 Å². The summed E-state index contributed by atoms with van der Waals surface area (Å²) in [5.74, 6) is 0. The number of hydrogen-bond donors (Lipinski definition) is 1. The highest BCUT2D eigenvalue weighted by molar-refractivity contribution is 5.20. The standard InChI is InChI=1S/C14H20N4/c1-3-12-6-5-7-17-14(12)10-18-11-16-9-13(18)8-15-4-2/h5-7,9,11,15H,3-4,8,10H2,1-2H3. The predicted octanol–water partition coefficient (Wildman–Crippen LogP) is 2.00. The quantitative estimate of drug-likeness (QED) is 0.845. The van der Waals surface area contributed by atoms with Gasteiger partial charge in [-0.15, -0.1) is 0 Å². The molecule has 0 aromatic carbocycles. The van der Waals surface area contributed by atoms with Crippen molar-refractivity contribution in [3.05, 3.63) is 47.8 Å². The summed E-state index contributed by atoms with van der Waals surface area (Å²) in [5.41, 5.74) is 3.64. The largest absolute Gasteiger partial charge is 0.327 e. The van der Waals surface area contributed by atoms with Gasteiger partial charge >= 0.3 is 0 Å². The first kappa shape index (κ1) is 12.8. The number of imidazole rings is 1. The van der Waals surface area contributed by atoms with E-state index >= 15 is 0 Å². The second-order valence-electron chi connectivity index (χ2n) is 4.26. The number of pyridine rings is 1. The first-order chi connectivity index (χ1) is 8.85. The normalized spacial score (nSPS) is 10.8. The lowest BCUT2D eigenvalue weighted by Crippen LogP contribution is -2.16. The van der Waals surface area contributed by atoms with Crippen LogP contribution in [0.15, 0.2) is 30.9 Å². The number of hydrogen-bond acceptors (Lipinski definition) is 3. The van der Waals surface area contributed by atoms with Crippen molar-refractivity contribution in [1.29, 1.82) is 0 Å². The van der Waals surface area contributed by atoms with E-state index in [2.05, 4.69) is 39.8 Å². The zero-order valence-corrected chi connectivity index (χ0v) is 11.1. The molecule has 18 heavy (non-hydrogen) atoms. The second-order valence-corrected chi connectivity index (χ2v) is 4.26. The lowest BCUT2D eigenvalue weighted by atomic mass is 10.1. The Morgan fingerprint density at radius 1 is 1.33 bits per heavy atom. The van der Waals surface area contributed by atoms with Crippen LogP contribution in [0.4, 0.5) is 0 Å². The maximum Gasteiger partial charge on any atom is 0.0952 e. The van der Waals surface area contributed by atoms with Crippen LogP contribution in [0.3, 0.4) is 0 Å². The van der Waals surface area contributed by atoms with Crippen LogP contribution in [-0.2, 0) is 19.5 Å². The van der Waals surface area contributed by atoms with Crippen LogP contribution < -0.4 is 5.32 Å². The van der Waals surface area contributed by atoms with Crippen LogP contribution in [0, 0.1) is 0 Å². The molecule has 96 valence electrons. The Kier molecular flexibility index (Phi) is 4.47. The number of nitrogens with one attached hydrogen (secondary N) is 1. The molecule has 0 bridgehead atoms. The maximum absolute atomic E-state index is 4.48. The number of aromatic nitrogens is 3. The van der Waals surface area contributed by atoms with E-state index < -0.39 is 0 Å². The third-order valence-corrected chi connectivity index (χ3v) is 3.04. The van der Waals surface area contributed by atoms with Crippen LogP contribution in [-0.4, -0.2) is 21.1 Å². The molecular weight excluding hydrogens is 224 g/mol. The molecule has 0 radical (unpaired) electrons. The Hall–Kier alpha value is -1.68. The third-order valence-electron chi connectivity index (χ3n) is 3.04. The van der Waals surface area contributed by atoms with E-state index in [1.165, 1.54) is 11.3 Å². The predicted molar refractivity (Wildman–Crippen MR) is 72.3 cm³/mol. The van der Waals surface area contributed by atoms with E-state index in [0.29, 0.717) is 0 Å². The molecule has 0 aliphatic carbocycles. The van der Waals surface area contributed by atoms with Crippen LogP contribution >= 0.6 is 0 Å². The van der Waals surface area contributed by atoms with Crippen LogP contribution in [0.2, 0.25) is 0 Å². The Morgan fingerprint density at radius 2 is 2.22 bits per heavy atom. The zero-order valence-electron chi connectivity index (χ0n) is 11.1. The average Bonchev–Trinajstić information content (AvgIpc) is 2.84. The van der Waals surface area contributed by atoms with Crippen molar-refractivity contribution in [1.82, 2.24) is 19.9 Å². The molecule has 0 saturated carbocycles. The molecule has 0 fully saturated rings. The second kappa shape index (κ2) is 6.31. The van der Waals surface area contributed by atoms with Gasteiger partial charge in [0.1, 0.15) is 0 Å². The minimum atomic E-state index is 0.796. The molecule has 0 aliphatic rings. The topological polar surface area (TPSA) is 42.7 Å². The van der Waals surface area contributed by atoms with Gasteiger partial charge in [0.25, 0.3) is 0 Å². The van der Waals surface area contributed by atoms with Gasteiger partial charge in [-0.2, -0.15) is 0 Å². The van der Waals surface area contributed by atoms with Crippen molar-refractivity contribution >= 4 is 0 Å². The Labute approximate surface area is 108 Å². The van der Waals surface area contributed by atoms with Gasteiger partial charge in [0.15, 0.2) is 0 Å². The van der Waals surface area contributed by atoms with Crippen molar-refractivity contribution in [2.24, 2.45) is 0 Å². The lowest BCUT2D eigenvalue weighted by Gasteiger charge is -2.10. The third kappa shape index (κ3) is 2.96. The molecule has 2 aromatic rings. The SMILES string of the molecule is CCNCc1cncn1Cc1ncccc1CC. The summed E-state index contributed by atoms with van der Waals surface area (Å²) in [7, 11) is 0. The van der Waals surface area contributed by atoms with Gasteiger partial charge < -0.3 is 9.88 Å². The first-order valence-corrected chi connectivity index (χ1v) is 6.47. The van der Waals surface area contributed by atoms with Crippen molar-refractivity contribution in [2.45, 2.75) is 33.4 Å². The summed E-state index contributed by atoms with van der Waals surface area (Å²) in [4.78, 5) is 8.70. The minimum Gasteiger partial charge on any atom is -0.327 e. The highest BCUT2D eigenvalue weighted by atomic mass is 15.1. The van der Waals surface area contributed by atoms with Crippen molar-refractivity contribution in [3.63, 3.8) is 0 Å². The first-order valence-electron chi connectivity index (χ1n) is 6.47. The fourth-order valence-electron chi connectivity index (χ4n) is 1.99. The van der Waals surface area contributed by atoms with E-state index in [-0.39, 0.29) is 0 Å². The van der Waals surface area contributed by atoms with Crippen LogP contribution in [0.5, 0.6) is 0 Å². The Morgan fingerprint density at radius 3 is 3.00 bits per heavy atom. The molecule has 2 heterocycles. The number of nitrogens with zero attached hydrogens (tertiary/aromatic N) is 3. The van der Waals surface area contributed by atoms with Crippen molar-refractivity contribution in [3.8, 4) is 0 Å². The minimum absolute atomic E-state index is 0.796. The lowest BCUT2D eigenvalue weighted by molar-refractivity contribution is 0.648. The monoisotopic (exact) mass is 244 g/mol. The summed E-state index contributed by atoms with van der Waals surface area (Å²) >= 11 is 0. The zero-order chi connectivity index (χ0) is 12.8. The molecule has 0 aliphatic heterocycles. The van der Waals surface area contributed by atoms with Crippen LogP contribution in [0.25, 0.3) is 0 Å². The molecule has 4 nitrogen and oxygen atoms in total. The van der Waals surface area contributed by atoms with E-state index in [0.717, 1.165) is 31.7 Å². The molecular formula is C14H20N4. The molecule has 0 spiro atoms. The van der Waals surface area contributed by atoms with Gasteiger partial charge in [0, 0.05) is 18.9 Å². The van der Waals surface area contributed by atoms with E-state index in [1.54, 1.807) is 0 Å². The summed E-state index contributed by atoms with van der Waals surface area (Å²) < 4.78 is 2.16. The molecule has 0 saturated heterocycles. The average molecular weight is 244 g/mol. The van der Waals surface area contributed by atoms with Gasteiger partial charge in [-0.05, 0) is 24.6 Å². The molecule has 1 N–H and O–H groups in total. The fourth-order valence-corrected chi connectivity index (χ4v) is 1.99. The summed E-state index contributed by atoms with van der Waals surface area (Å²) in [6, 6.07) is 4.14. The van der Waals surface area contributed by atoms with E-state index in [9.17, 15) is 0 Å². The Bertz CT molecular complexity index is 490. The smallest absolute Gasteiger partial charge is 0.0952 e. The van der Waals surface area contributed by atoms with Gasteiger partial charge in [-0.1, -0.05) is 19.9 Å². The van der Waals surface area contributed by atoms with Gasteiger partial charge in [0.05, 0.1) is 24.3 Å². The van der Waals surface area contributed by atoms with Crippen molar-refractivity contribution in [2.75, 3.05) is 6.54 Å². The molecule has 2 rings (SSSR count). The molecule has 4 heteroatoms. The van der Waals surface area contributed by atoms with E-state index in [1.807, 2.05) is 24.8 Å².